The Morgan fingerprint density at radius 1 is 1.00 bits per heavy atom. The molecule has 25 heavy (non-hydrogen) atoms. The van der Waals surface area contributed by atoms with Crippen molar-refractivity contribution in [3.63, 3.8) is 0 Å². The van der Waals surface area contributed by atoms with Gasteiger partial charge >= 0.3 is 6.18 Å². The fourth-order valence-corrected chi connectivity index (χ4v) is 3.93. The van der Waals surface area contributed by atoms with Crippen molar-refractivity contribution < 1.29 is 21.6 Å². The topological polar surface area (TPSA) is 62.0 Å². The first kappa shape index (κ1) is 17.5. The highest BCUT2D eigenvalue weighted by Gasteiger charge is 2.36. The second-order valence-electron chi connectivity index (χ2n) is 5.50. The summed E-state index contributed by atoms with van der Waals surface area (Å²) in [5, 5.41) is 0.956. The Labute approximate surface area is 142 Å². The van der Waals surface area contributed by atoms with Crippen LogP contribution in [0.15, 0.2) is 59.6 Å². The maximum absolute atomic E-state index is 13.0. The first-order valence-corrected chi connectivity index (χ1v) is 8.98. The van der Waals surface area contributed by atoms with Crippen LogP contribution in [0.3, 0.4) is 0 Å². The van der Waals surface area contributed by atoms with Crippen LogP contribution in [0.2, 0.25) is 0 Å². The summed E-state index contributed by atoms with van der Waals surface area (Å²) in [6.45, 7) is -0.00360. The summed E-state index contributed by atoms with van der Waals surface area (Å²) < 4.78 is 65.8. The maximum atomic E-state index is 13.0. The first-order chi connectivity index (χ1) is 11.8. The van der Waals surface area contributed by atoms with Gasteiger partial charge in [-0.15, -0.1) is 0 Å². The number of fused-ring (bicyclic) bond motifs is 1. The molecule has 0 saturated heterocycles. The molecule has 4 nitrogen and oxygen atoms in total. The minimum absolute atomic E-state index is 0.00360. The van der Waals surface area contributed by atoms with Crippen LogP contribution < -0.4 is 4.72 Å². The number of hydrogen-bond donors (Lipinski definition) is 2. The highest BCUT2D eigenvalue weighted by atomic mass is 32.2. The Bertz CT molecular complexity index is 994. The Morgan fingerprint density at radius 2 is 1.68 bits per heavy atom. The van der Waals surface area contributed by atoms with Crippen LogP contribution in [0.5, 0.6) is 0 Å². The van der Waals surface area contributed by atoms with E-state index in [1.165, 1.54) is 6.07 Å². The van der Waals surface area contributed by atoms with E-state index in [9.17, 15) is 21.6 Å². The smallest absolute Gasteiger partial charge is 0.361 e. The molecule has 0 aliphatic carbocycles. The standard InChI is InChI=1S/C17H15F3N2O2S/c18-17(19,20)14-6-2-4-8-16(14)25(23,24)22-10-9-12-11-21-15-7-3-1-5-13(12)15/h1-8,11,21-22H,9-10H2. The van der Waals surface area contributed by atoms with Gasteiger partial charge in [0.15, 0.2) is 0 Å². The summed E-state index contributed by atoms with van der Waals surface area (Å²) in [6, 6.07) is 11.7. The van der Waals surface area contributed by atoms with Crippen LogP contribution in [-0.4, -0.2) is 19.9 Å². The van der Waals surface area contributed by atoms with Crippen LogP contribution in [0.4, 0.5) is 13.2 Å². The second kappa shape index (κ2) is 6.53. The lowest BCUT2D eigenvalue weighted by atomic mass is 10.1. The van der Waals surface area contributed by atoms with E-state index in [1.807, 2.05) is 24.3 Å². The van der Waals surface area contributed by atoms with Crippen molar-refractivity contribution >= 4 is 20.9 Å². The number of nitrogens with one attached hydrogen (secondary N) is 2. The minimum Gasteiger partial charge on any atom is -0.361 e. The highest BCUT2D eigenvalue weighted by molar-refractivity contribution is 7.89. The number of alkyl halides is 3. The van der Waals surface area contributed by atoms with Crippen LogP contribution in [0.25, 0.3) is 10.9 Å². The molecule has 0 bridgehead atoms. The normalized spacial score (nSPS) is 12.6. The van der Waals surface area contributed by atoms with Gasteiger partial charge in [0.2, 0.25) is 10.0 Å². The van der Waals surface area contributed by atoms with Crippen molar-refractivity contribution in [2.45, 2.75) is 17.5 Å². The van der Waals surface area contributed by atoms with Gasteiger partial charge in [-0.05, 0) is 30.2 Å². The molecule has 2 N–H and O–H groups in total. The van der Waals surface area contributed by atoms with Crippen LogP contribution in [0, 0.1) is 0 Å². The Kier molecular flexibility index (Phi) is 4.57. The average molecular weight is 368 g/mol. The third-order valence-electron chi connectivity index (χ3n) is 3.84. The van der Waals surface area contributed by atoms with Crippen molar-refractivity contribution in [3.05, 3.63) is 65.9 Å². The summed E-state index contributed by atoms with van der Waals surface area (Å²) in [7, 11) is -4.26. The molecule has 1 aromatic heterocycles. The summed E-state index contributed by atoms with van der Waals surface area (Å²) in [6.07, 6.45) is -2.61. The number of benzene rings is 2. The SMILES string of the molecule is O=S(=O)(NCCc1c[nH]c2ccccc12)c1ccccc1C(F)(F)F. The largest absolute Gasteiger partial charge is 0.417 e. The molecule has 0 saturated carbocycles. The summed E-state index contributed by atoms with van der Waals surface area (Å²) in [4.78, 5) is 2.31. The molecule has 0 radical (unpaired) electrons. The molecule has 8 heteroatoms. The maximum Gasteiger partial charge on any atom is 0.417 e. The Morgan fingerprint density at radius 3 is 2.44 bits per heavy atom. The number of rotatable bonds is 5. The van der Waals surface area contributed by atoms with Crippen molar-refractivity contribution in [2.75, 3.05) is 6.54 Å². The number of aromatic amines is 1. The van der Waals surface area contributed by atoms with Crippen molar-refractivity contribution in [1.82, 2.24) is 9.71 Å². The van der Waals surface area contributed by atoms with E-state index in [0.29, 0.717) is 6.42 Å². The highest BCUT2D eigenvalue weighted by Crippen LogP contribution is 2.33. The molecular formula is C17H15F3N2O2S. The van der Waals surface area contributed by atoms with Crippen molar-refractivity contribution in [1.29, 1.82) is 0 Å². The predicted octanol–water partition coefficient (Wildman–Crippen LogP) is 3.71. The predicted molar refractivity (Wildman–Crippen MR) is 88.6 cm³/mol. The van der Waals surface area contributed by atoms with Crippen LogP contribution in [-0.2, 0) is 22.6 Å². The molecule has 0 aliphatic heterocycles. The van der Waals surface area contributed by atoms with Crippen molar-refractivity contribution in [3.8, 4) is 0 Å². The lowest BCUT2D eigenvalue weighted by molar-refractivity contribution is -0.139. The van der Waals surface area contributed by atoms with E-state index in [2.05, 4.69) is 9.71 Å². The van der Waals surface area contributed by atoms with Gasteiger partial charge in [0.05, 0.1) is 10.5 Å². The average Bonchev–Trinajstić information content (AvgIpc) is 2.97. The van der Waals surface area contributed by atoms with E-state index in [4.69, 9.17) is 0 Å². The number of sulfonamides is 1. The zero-order chi connectivity index (χ0) is 18.1. The van der Waals surface area contributed by atoms with E-state index in [-0.39, 0.29) is 6.54 Å². The molecule has 0 fully saturated rings. The van der Waals surface area contributed by atoms with Gasteiger partial charge in [0.25, 0.3) is 0 Å². The second-order valence-corrected chi connectivity index (χ2v) is 7.24. The number of aromatic nitrogens is 1. The molecule has 0 aliphatic rings. The van der Waals surface area contributed by atoms with E-state index in [1.54, 1.807) is 6.20 Å². The third-order valence-corrected chi connectivity index (χ3v) is 5.36. The fourth-order valence-electron chi connectivity index (χ4n) is 2.67. The zero-order valence-corrected chi connectivity index (χ0v) is 13.8. The summed E-state index contributed by atoms with van der Waals surface area (Å²) in [5.74, 6) is 0. The lowest BCUT2D eigenvalue weighted by Crippen LogP contribution is -2.28. The number of halogens is 3. The molecule has 3 rings (SSSR count). The molecule has 132 valence electrons. The molecule has 0 amide bonds. The number of para-hydroxylation sites is 1. The summed E-state index contributed by atoms with van der Waals surface area (Å²) >= 11 is 0. The van der Waals surface area contributed by atoms with Gasteiger partial charge in [0, 0.05) is 23.6 Å². The number of H-pyrrole nitrogens is 1. The summed E-state index contributed by atoms with van der Waals surface area (Å²) in [5.41, 5.74) is 0.639. The van der Waals surface area contributed by atoms with Crippen molar-refractivity contribution in [2.24, 2.45) is 0 Å². The fraction of sp³-hybridized carbons (Fsp3) is 0.176. The molecule has 0 atom stereocenters. The molecule has 0 spiro atoms. The van der Waals surface area contributed by atoms with E-state index in [0.717, 1.165) is 34.7 Å². The molecule has 2 aromatic carbocycles. The lowest BCUT2D eigenvalue weighted by Gasteiger charge is -2.13. The molecule has 1 heterocycles. The van der Waals surface area contributed by atoms with E-state index >= 15 is 0 Å². The van der Waals surface area contributed by atoms with Crippen LogP contribution in [0.1, 0.15) is 11.1 Å². The molecule has 3 aromatic rings. The monoisotopic (exact) mass is 368 g/mol. The van der Waals surface area contributed by atoms with Gasteiger partial charge in [-0.3, -0.25) is 0 Å². The van der Waals surface area contributed by atoms with Gasteiger partial charge in [0.1, 0.15) is 0 Å². The quantitative estimate of drug-likeness (QED) is 0.721. The molecule has 0 unspecified atom stereocenters. The van der Waals surface area contributed by atoms with Gasteiger partial charge in [-0.1, -0.05) is 30.3 Å². The van der Waals surface area contributed by atoms with Crippen LogP contribution >= 0.6 is 0 Å². The van der Waals surface area contributed by atoms with Gasteiger partial charge in [-0.25, -0.2) is 13.1 Å². The molecular weight excluding hydrogens is 353 g/mol. The van der Waals surface area contributed by atoms with E-state index < -0.39 is 26.7 Å². The Hall–Kier alpha value is -2.32. The zero-order valence-electron chi connectivity index (χ0n) is 13.0. The van der Waals surface area contributed by atoms with Gasteiger partial charge in [-0.2, -0.15) is 13.2 Å². The van der Waals surface area contributed by atoms with Gasteiger partial charge < -0.3 is 4.98 Å². The number of hydrogen-bond acceptors (Lipinski definition) is 2. The minimum atomic E-state index is -4.73. The third kappa shape index (κ3) is 3.69. The Balaban J connectivity index is 1.77. The first-order valence-electron chi connectivity index (χ1n) is 7.50.